The molecule has 1 heterocycles. The van der Waals surface area contributed by atoms with Crippen molar-refractivity contribution in [1.82, 2.24) is 4.90 Å². The molecule has 2 aromatic rings. The van der Waals surface area contributed by atoms with Crippen LogP contribution in [0.2, 0.25) is 0 Å². The van der Waals surface area contributed by atoms with E-state index >= 15 is 0 Å². The van der Waals surface area contributed by atoms with Gasteiger partial charge >= 0.3 is 0 Å². The smallest absolute Gasteiger partial charge is 0.246 e. The Bertz CT molecular complexity index is 714. The molecule has 0 N–H and O–H groups in total. The molecule has 1 amide bonds. The Morgan fingerprint density at radius 2 is 1.46 bits per heavy atom. The SMILES string of the molecule is O=C(c1ccccc1)C1CCN(C(=O)/C=C/c2ccccc2)CC1. The first kappa shape index (κ1) is 16.2. The Balaban J connectivity index is 1.54. The summed E-state index contributed by atoms with van der Waals surface area (Å²) in [7, 11) is 0. The molecular weight excluding hydrogens is 298 g/mol. The van der Waals surface area contributed by atoms with Crippen LogP contribution in [0, 0.1) is 5.92 Å². The minimum absolute atomic E-state index is 0.0180. The van der Waals surface area contributed by atoms with E-state index in [1.165, 1.54) is 0 Å². The number of ketones is 1. The summed E-state index contributed by atoms with van der Waals surface area (Å²) < 4.78 is 0. The van der Waals surface area contributed by atoms with E-state index in [9.17, 15) is 9.59 Å². The Morgan fingerprint density at radius 3 is 2.08 bits per heavy atom. The lowest BCUT2D eigenvalue weighted by molar-refractivity contribution is -0.127. The van der Waals surface area contributed by atoms with E-state index in [1.807, 2.05) is 71.6 Å². The average molecular weight is 319 g/mol. The van der Waals surface area contributed by atoms with Crippen molar-refractivity contribution in [2.45, 2.75) is 12.8 Å². The van der Waals surface area contributed by atoms with Gasteiger partial charge in [0.25, 0.3) is 0 Å². The molecule has 1 aliphatic heterocycles. The molecule has 122 valence electrons. The maximum Gasteiger partial charge on any atom is 0.246 e. The lowest BCUT2D eigenvalue weighted by atomic mass is 9.89. The lowest BCUT2D eigenvalue weighted by Gasteiger charge is -2.30. The molecule has 24 heavy (non-hydrogen) atoms. The molecule has 0 aromatic heterocycles. The molecule has 1 saturated heterocycles. The summed E-state index contributed by atoms with van der Waals surface area (Å²) in [5.41, 5.74) is 1.78. The number of carbonyl (C=O) groups is 2. The molecule has 0 spiro atoms. The first-order chi connectivity index (χ1) is 11.7. The normalized spacial score (nSPS) is 15.6. The third-order valence-corrected chi connectivity index (χ3v) is 4.45. The van der Waals surface area contributed by atoms with Gasteiger partial charge in [0.05, 0.1) is 0 Å². The zero-order chi connectivity index (χ0) is 16.8. The Morgan fingerprint density at radius 1 is 0.875 bits per heavy atom. The molecule has 3 heteroatoms. The second kappa shape index (κ2) is 7.73. The van der Waals surface area contributed by atoms with Crippen LogP contribution >= 0.6 is 0 Å². The van der Waals surface area contributed by atoms with Gasteiger partial charge in [-0.25, -0.2) is 0 Å². The second-order valence-electron chi connectivity index (χ2n) is 6.07. The van der Waals surface area contributed by atoms with Gasteiger partial charge in [-0.1, -0.05) is 60.7 Å². The highest BCUT2D eigenvalue weighted by atomic mass is 16.2. The highest BCUT2D eigenvalue weighted by molar-refractivity contribution is 5.98. The zero-order valence-electron chi connectivity index (χ0n) is 13.6. The number of carbonyl (C=O) groups excluding carboxylic acids is 2. The van der Waals surface area contributed by atoms with Gasteiger partial charge < -0.3 is 4.90 Å². The molecule has 0 radical (unpaired) electrons. The number of Topliss-reactive ketones (excluding diaryl/α,β-unsaturated/α-hetero) is 1. The van der Waals surface area contributed by atoms with Gasteiger partial charge in [-0.3, -0.25) is 9.59 Å². The molecule has 3 rings (SSSR count). The van der Waals surface area contributed by atoms with E-state index < -0.39 is 0 Å². The van der Waals surface area contributed by atoms with Crippen LogP contribution in [-0.4, -0.2) is 29.7 Å². The maximum atomic E-state index is 12.5. The molecule has 0 atom stereocenters. The van der Waals surface area contributed by atoms with Crippen LogP contribution in [0.25, 0.3) is 6.08 Å². The maximum absolute atomic E-state index is 12.5. The minimum Gasteiger partial charge on any atom is -0.339 e. The number of piperidine rings is 1. The average Bonchev–Trinajstić information content (AvgIpc) is 2.67. The number of benzene rings is 2. The fourth-order valence-electron chi connectivity index (χ4n) is 3.04. The van der Waals surface area contributed by atoms with Gasteiger partial charge in [-0.15, -0.1) is 0 Å². The second-order valence-corrected chi connectivity index (χ2v) is 6.07. The predicted octanol–water partition coefficient (Wildman–Crippen LogP) is 3.82. The molecule has 0 aliphatic carbocycles. The summed E-state index contributed by atoms with van der Waals surface area (Å²) in [5, 5.41) is 0. The molecule has 1 aliphatic rings. The van der Waals surface area contributed by atoms with Crippen molar-refractivity contribution in [1.29, 1.82) is 0 Å². The Kier molecular flexibility index (Phi) is 5.22. The minimum atomic E-state index is 0.0180. The van der Waals surface area contributed by atoms with Crippen LogP contribution in [0.3, 0.4) is 0 Å². The fourth-order valence-corrected chi connectivity index (χ4v) is 3.04. The zero-order valence-corrected chi connectivity index (χ0v) is 13.6. The van der Waals surface area contributed by atoms with Crippen molar-refractivity contribution in [2.24, 2.45) is 5.92 Å². The first-order valence-corrected chi connectivity index (χ1v) is 8.35. The van der Waals surface area contributed by atoms with Gasteiger partial charge in [0.15, 0.2) is 5.78 Å². The number of hydrogen-bond donors (Lipinski definition) is 0. The largest absolute Gasteiger partial charge is 0.339 e. The van der Waals surface area contributed by atoms with Crippen LogP contribution in [0.5, 0.6) is 0 Å². The van der Waals surface area contributed by atoms with Crippen LogP contribution in [0.4, 0.5) is 0 Å². The lowest BCUT2D eigenvalue weighted by Crippen LogP contribution is -2.39. The Labute approximate surface area is 142 Å². The van der Waals surface area contributed by atoms with Crippen molar-refractivity contribution in [3.8, 4) is 0 Å². The fraction of sp³-hybridized carbons (Fsp3) is 0.238. The number of nitrogens with zero attached hydrogens (tertiary/aromatic N) is 1. The molecule has 3 nitrogen and oxygen atoms in total. The topological polar surface area (TPSA) is 37.4 Å². The first-order valence-electron chi connectivity index (χ1n) is 8.35. The number of hydrogen-bond acceptors (Lipinski definition) is 2. The van der Waals surface area contributed by atoms with Crippen molar-refractivity contribution in [3.63, 3.8) is 0 Å². The third kappa shape index (κ3) is 3.99. The standard InChI is InChI=1S/C21H21NO2/c23-20(12-11-17-7-3-1-4-8-17)22-15-13-19(14-16-22)21(24)18-9-5-2-6-10-18/h1-12,19H,13-16H2/b12-11+. The van der Waals surface area contributed by atoms with Gasteiger partial charge in [0.2, 0.25) is 5.91 Å². The van der Waals surface area contributed by atoms with Gasteiger partial charge in [-0.2, -0.15) is 0 Å². The molecule has 1 fully saturated rings. The summed E-state index contributed by atoms with van der Waals surface area (Å²) in [4.78, 5) is 26.6. The van der Waals surface area contributed by atoms with E-state index in [2.05, 4.69) is 0 Å². The van der Waals surface area contributed by atoms with Crippen LogP contribution in [-0.2, 0) is 4.79 Å². The van der Waals surface area contributed by atoms with Crippen molar-refractivity contribution in [3.05, 3.63) is 77.9 Å². The van der Waals surface area contributed by atoms with Gasteiger partial charge in [0, 0.05) is 30.6 Å². The Hall–Kier alpha value is -2.68. The van der Waals surface area contributed by atoms with Crippen LogP contribution in [0.15, 0.2) is 66.7 Å². The molecular formula is C21H21NO2. The quantitative estimate of drug-likeness (QED) is 0.634. The monoisotopic (exact) mass is 319 g/mol. The van der Waals surface area contributed by atoms with Crippen molar-refractivity contribution < 1.29 is 9.59 Å². The summed E-state index contributed by atoms with van der Waals surface area (Å²) in [5.74, 6) is 0.238. The number of likely N-dealkylation sites (tertiary alicyclic amines) is 1. The summed E-state index contributed by atoms with van der Waals surface area (Å²) in [6, 6.07) is 19.2. The molecule has 2 aromatic carbocycles. The van der Waals surface area contributed by atoms with Crippen LogP contribution in [0.1, 0.15) is 28.8 Å². The number of amides is 1. The van der Waals surface area contributed by atoms with E-state index in [0.717, 1.165) is 24.0 Å². The van der Waals surface area contributed by atoms with Crippen molar-refractivity contribution in [2.75, 3.05) is 13.1 Å². The van der Waals surface area contributed by atoms with Crippen LogP contribution < -0.4 is 0 Å². The summed E-state index contributed by atoms with van der Waals surface area (Å²) >= 11 is 0. The van der Waals surface area contributed by atoms with E-state index in [0.29, 0.717) is 13.1 Å². The van der Waals surface area contributed by atoms with E-state index in [-0.39, 0.29) is 17.6 Å². The van der Waals surface area contributed by atoms with E-state index in [1.54, 1.807) is 6.08 Å². The molecule has 0 saturated carbocycles. The molecule has 0 unspecified atom stereocenters. The van der Waals surface area contributed by atoms with Gasteiger partial charge in [-0.05, 0) is 24.5 Å². The highest BCUT2D eigenvalue weighted by Crippen LogP contribution is 2.22. The summed E-state index contributed by atoms with van der Waals surface area (Å²) in [6.45, 7) is 1.28. The third-order valence-electron chi connectivity index (χ3n) is 4.45. The highest BCUT2D eigenvalue weighted by Gasteiger charge is 2.27. The molecule has 0 bridgehead atoms. The van der Waals surface area contributed by atoms with Gasteiger partial charge in [0.1, 0.15) is 0 Å². The predicted molar refractivity (Wildman–Crippen MR) is 95.6 cm³/mol. The van der Waals surface area contributed by atoms with Crippen molar-refractivity contribution >= 4 is 17.8 Å². The van der Waals surface area contributed by atoms with E-state index in [4.69, 9.17) is 0 Å². The summed E-state index contributed by atoms with van der Waals surface area (Å²) in [6.07, 6.45) is 4.93. The number of rotatable bonds is 4.